The molecular formula is C18H14BrN3O2S2. The van der Waals surface area contributed by atoms with Crippen LogP contribution >= 0.6 is 38.6 Å². The van der Waals surface area contributed by atoms with Crippen molar-refractivity contribution in [1.82, 2.24) is 9.88 Å². The standard InChI is InChI=1S/C18H14BrN3O2S2/c19-12-4-1-3-11(9-12)17(24)22-7-6-13-15(10-22)26-18(20-13)21-16(23)14-5-2-8-25-14/h1-5,8-9H,6-7,10H2,(H,20,21,23). The molecule has 0 saturated heterocycles. The predicted octanol–water partition coefficient (Wildman–Crippen LogP) is 4.42. The number of rotatable bonds is 3. The molecule has 0 aliphatic carbocycles. The molecule has 0 radical (unpaired) electrons. The molecule has 2 aromatic heterocycles. The van der Waals surface area contributed by atoms with Crippen LogP contribution in [0.2, 0.25) is 0 Å². The summed E-state index contributed by atoms with van der Waals surface area (Å²) in [5.74, 6) is -0.136. The van der Waals surface area contributed by atoms with Gasteiger partial charge in [-0.05, 0) is 29.6 Å². The van der Waals surface area contributed by atoms with Gasteiger partial charge in [0.25, 0.3) is 11.8 Å². The van der Waals surface area contributed by atoms with Crippen molar-refractivity contribution >= 4 is 55.5 Å². The van der Waals surface area contributed by atoms with E-state index in [1.165, 1.54) is 22.7 Å². The minimum atomic E-state index is -0.145. The molecule has 0 bridgehead atoms. The van der Waals surface area contributed by atoms with E-state index in [4.69, 9.17) is 0 Å². The van der Waals surface area contributed by atoms with E-state index in [0.29, 0.717) is 35.1 Å². The van der Waals surface area contributed by atoms with Crippen molar-refractivity contribution in [2.45, 2.75) is 13.0 Å². The quantitative estimate of drug-likeness (QED) is 0.646. The highest BCUT2D eigenvalue weighted by Crippen LogP contribution is 2.29. The number of nitrogens with one attached hydrogen (secondary N) is 1. The van der Waals surface area contributed by atoms with Gasteiger partial charge in [-0.2, -0.15) is 0 Å². The first-order chi connectivity index (χ1) is 12.6. The zero-order valence-electron chi connectivity index (χ0n) is 13.6. The molecule has 0 unspecified atom stereocenters. The molecule has 0 fully saturated rings. The van der Waals surface area contributed by atoms with Crippen molar-refractivity contribution in [2.24, 2.45) is 0 Å². The minimum absolute atomic E-state index is 0.00882. The molecule has 0 saturated carbocycles. The molecule has 0 atom stereocenters. The van der Waals surface area contributed by atoms with E-state index in [1.54, 1.807) is 6.07 Å². The molecule has 1 aliphatic rings. The van der Waals surface area contributed by atoms with E-state index in [9.17, 15) is 9.59 Å². The summed E-state index contributed by atoms with van der Waals surface area (Å²) < 4.78 is 0.886. The summed E-state index contributed by atoms with van der Waals surface area (Å²) in [7, 11) is 0. The molecule has 0 spiro atoms. The van der Waals surface area contributed by atoms with Crippen LogP contribution in [0.4, 0.5) is 5.13 Å². The summed E-state index contributed by atoms with van der Waals surface area (Å²) in [4.78, 5) is 32.9. The van der Waals surface area contributed by atoms with E-state index in [-0.39, 0.29) is 11.8 Å². The highest BCUT2D eigenvalue weighted by molar-refractivity contribution is 9.10. The molecule has 26 heavy (non-hydrogen) atoms. The average Bonchev–Trinajstić information content (AvgIpc) is 3.29. The maximum Gasteiger partial charge on any atom is 0.267 e. The fraction of sp³-hybridized carbons (Fsp3) is 0.167. The predicted molar refractivity (Wildman–Crippen MR) is 107 cm³/mol. The van der Waals surface area contributed by atoms with Crippen molar-refractivity contribution in [3.8, 4) is 0 Å². The smallest absolute Gasteiger partial charge is 0.267 e. The van der Waals surface area contributed by atoms with Crippen LogP contribution in [0.25, 0.3) is 0 Å². The molecule has 3 aromatic rings. The van der Waals surface area contributed by atoms with Gasteiger partial charge in [0.2, 0.25) is 0 Å². The van der Waals surface area contributed by atoms with Crippen molar-refractivity contribution in [3.05, 3.63) is 67.3 Å². The first kappa shape index (κ1) is 17.4. The summed E-state index contributed by atoms with van der Waals surface area (Å²) in [6.45, 7) is 1.15. The summed E-state index contributed by atoms with van der Waals surface area (Å²) >= 11 is 6.24. The Balaban J connectivity index is 1.48. The Bertz CT molecular complexity index is 969. The Hall–Kier alpha value is -2.03. The van der Waals surface area contributed by atoms with Crippen LogP contribution in [-0.4, -0.2) is 28.2 Å². The fourth-order valence-corrected chi connectivity index (χ4v) is 4.83. The molecule has 132 valence electrons. The lowest BCUT2D eigenvalue weighted by molar-refractivity contribution is 0.0736. The third kappa shape index (κ3) is 3.58. The number of hydrogen-bond acceptors (Lipinski definition) is 5. The number of amides is 2. The average molecular weight is 448 g/mol. The summed E-state index contributed by atoms with van der Waals surface area (Å²) in [5.41, 5.74) is 1.63. The van der Waals surface area contributed by atoms with Crippen LogP contribution in [0.15, 0.2) is 46.3 Å². The molecule has 8 heteroatoms. The second-order valence-electron chi connectivity index (χ2n) is 5.81. The zero-order valence-corrected chi connectivity index (χ0v) is 16.8. The highest BCUT2D eigenvalue weighted by Gasteiger charge is 2.25. The Morgan fingerprint density at radius 3 is 2.88 bits per heavy atom. The third-order valence-corrected chi connectivity index (χ3v) is 6.42. The largest absolute Gasteiger partial charge is 0.333 e. The second-order valence-corrected chi connectivity index (χ2v) is 8.75. The van der Waals surface area contributed by atoms with Crippen LogP contribution < -0.4 is 5.32 Å². The molecule has 5 nitrogen and oxygen atoms in total. The molecule has 4 rings (SSSR count). The maximum atomic E-state index is 12.7. The van der Waals surface area contributed by atoms with E-state index in [2.05, 4.69) is 26.2 Å². The normalized spacial score (nSPS) is 13.3. The Morgan fingerprint density at radius 1 is 1.23 bits per heavy atom. The van der Waals surface area contributed by atoms with E-state index >= 15 is 0 Å². The van der Waals surface area contributed by atoms with Crippen LogP contribution in [0.3, 0.4) is 0 Å². The number of nitrogens with zero attached hydrogens (tertiary/aromatic N) is 2. The van der Waals surface area contributed by atoms with Crippen LogP contribution in [-0.2, 0) is 13.0 Å². The second kappa shape index (κ2) is 7.30. The van der Waals surface area contributed by atoms with Gasteiger partial charge < -0.3 is 4.90 Å². The topological polar surface area (TPSA) is 62.3 Å². The maximum absolute atomic E-state index is 12.7. The van der Waals surface area contributed by atoms with Crippen LogP contribution in [0.1, 0.15) is 30.6 Å². The van der Waals surface area contributed by atoms with Gasteiger partial charge in [-0.3, -0.25) is 14.9 Å². The van der Waals surface area contributed by atoms with Crippen molar-refractivity contribution in [3.63, 3.8) is 0 Å². The first-order valence-electron chi connectivity index (χ1n) is 7.98. The Labute approximate surface area is 166 Å². The Kier molecular flexibility index (Phi) is 4.88. The lowest BCUT2D eigenvalue weighted by Gasteiger charge is -2.26. The number of anilines is 1. The molecule has 2 amide bonds. The van der Waals surface area contributed by atoms with Gasteiger partial charge in [-0.25, -0.2) is 4.98 Å². The van der Waals surface area contributed by atoms with E-state index < -0.39 is 0 Å². The van der Waals surface area contributed by atoms with Crippen LogP contribution in [0, 0.1) is 0 Å². The third-order valence-electron chi connectivity index (χ3n) is 4.06. The number of carbonyl (C=O) groups excluding carboxylic acids is 2. The van der Waals surface area contributed by atoms with Crippen molar-refractivity contribution < 1.29 is 9.59 Å². The highest BCUT2D eigenvalue weighted by atomic mass is 79.9. The number of fused-ring (bicyclic) bond motifs is 1. The number of carbonyl (C=O) groups is 2. The van der Waals surface area contributed by atoms with Gasteiger partial charge in [-0.1, -0.05) is 39.4 Å². The minimum Gasteiger partial charge on any atom is -0.333 e. The van der Waals surface area contributed by atoms with Crippen molar-refractivity contribution in [2.75, 3.05) is 11.9 Å². The first-order valence-corrected chi connectivity index (χ1v) is 10.5. The van der Waals surface area contributed by atoms with Gasteiger partial charge in [0.15, 0.2) is 5.13 Å². The molecular weight excluding hydrogens is 434 g/mol. The van der Waals surface area contributed by atoms with Gasteiger partial charge in [0, 0.05) is 27.9 Å². The fourth-order valence-electron chi connectivity index (χ4n) is 2.79. The molecule has 1 aromatic carbocycles. The zero-order chi connectivity index (χ0) is 18.1. The van der Waals surface area contributed by atoms with Gasteiger partial charge in [0.05, 0.1) is 17.1 Å². The molecule has 1 N–H and O–H groups in total. The lowest BCUT2D eigenvalue weighted by Crippen LogP contribution is -2.35. The summed E-state index contributed by atoms with van der Waals surface area (Å²) in [6, 6.07) is 11.0. The monoisotopic (exact) mass is 447 g/mol. The number of aromatic nitrogens is 1. The SMILES string of the molecule is O=C(Nc1nc2c(s1)CN(C(=O)c1cccc(Br)c1)CC2)c1cccs1. The number of thiophene rings is 1. The molecule has 3 heterocycles. The number of halogens is 1. The van der Waals surface area contributed by atoms with Gasteiger partial charge in [-0.15, -0.1) is 11.3 Å². The van der Waals surface area contributed by atoms with Crippen LogP contribution in [0.5, 0.6) is 0 Å². The van der Waals surface area contributed by atoms with Gasteiger partial charge >= 0.3 is 0 Å². The summed E-state index contributed by atoms with van der Waals surface area (Å²) in [6.07, 6.45) is 0.695. The summed E-state index contributed by atoms with van der Waals surface area (Å²) in [5, 5.41) is 5.31. The number of benzene rings is 1. The number of hydrogen-bond donors (Lipinski definition) is 1. The lowest BCUT2D eigenvalue weighted by atomic mass is 10.1. The van der Waals surface area contributed by atoms with E-state index in [0.717, 1.165) is 15.0 Å². The molecule has 1 aliphatic heterocycles. The van der Waals surface area contributed by atoms with E-state index in [1.807, 2.05) is 40.6 Å². The number of thiazole rings is 1. The van der Waals surface area contributed by atoms with Gasteiger partial charge in [0.1, 0.15) is 0 Å². The Morgan fingerprint density at radius 2 is 2.12 bits per heavy atom. The van der Waals surface area contributed by atoms with Crippen molar-refractivity contribution in [1.29, 1.82) is 0 Å².